The van der Waals surface area contributed by atoms with Crippen LogP contribution in [-0.2, 0) is 15.7 Å². The first kappa shape index (κ1) is 22.8. The Balaban J connectivity index is 1.97. The normalized spacial score (nSPS) is 13.5. The summed E-state index contributed by atoms with van der Waals surface area (Å²) in [6.07, 6.45) is -4.34. The second kappa shape index (κ2) is 9.80. The molecule has 0 aliphatic heterocycles. The number of pyridine rings is 1. The summed E-state index contributed by atoms with van der Waals surface area (Å²) < 4.78 is 53.9. The number of hydrogen-bond acceptors (Lipinski definition) is 6. The molecule has 10 heteroatoms. The van der Waals surface area contributed by atoms with E-state index in [0.717, 1.165) is 6.07 Å². The van der Waals surface area contributed by atoms with Gasteiger partial charge in [0.2, 0.25) is 5.88 Å². The van der Waals surface area contributed by atoms with Crippen molar-refractivity contribution in [2.45, 2.75) is 38.6 Å². The number of nitrogens with zero attached hydrogens (tertiary/aromatic N) is 1. The van der Waals surface area contributed by atoms with Gasteiger partial charge in [-0.25, -0.2) is 4.98 Å². The van der Waals surface area contributed by atoms with Crippen molar-refractivity contribution >= 4 is 17.6 Å². The standard InChI is InChI=1S/C19H20ClF3N2O4/c1-3-27-17(26)9-16(24)11(2)28-13-4-6-14(7-5-13)29-18-15(20)8-12(10-25-18)19(21,22)23/h4-8,10-11,16H,3,9,24H2,1-2H3. The molecule has 6 nitrogen and oxygen atoms in total. The van der Waals surface area contributed by atoms with Gasteiger partial charge in [-0.2, -0.15) is 13.2 Å². The molecule has 0 radical (unpaired) electrons. The molecule has 2 aromatic rings. The van der Waals surface area contributed by atoms with Gasteiger partial charge >= 0.3 is 12.1 Å². The number of esters is 1. The Morgan fingerprint density at radius 3 is 2.41 bits per heavy atom. The molecule has 0 amide bonds. The average Bonchev–Trinajstić information content (AvgIpc) is 2.64. The number of aromatic nitrogens is 1. The van der Waals surface area contributed by atoms with Crippen molar-refractivity contribution < 1.29 is 32.2 Å². The van der Waals surface area contributed by atoms with E-state index in [1.165, 1.54) is 12.1 Å². The highest BCUT2D eigenvalue weighted by Gasteiger charge is 2.31. The Labute approximate surface area is 170 Å². The number of rotatable bonds is 8. The molecule has 1 aromatic heterocycles. The molecule has 0 saturated carbocycles. The van der Waals surface area contributed by atoms with E-state index in [-0.39, 0.29) is 23.9 Å². The van der Waals surface area contributed by atoms with E-state index in [2.05, 4.69) is 4.98 Å². The summed E-state index contributed by atoms with van der Waals surface area (Å²) in [4.78, 5) is 15.1. The number of carbonyl (C=O) groups is 1. The summed E-state index contributed by atoms with van der Waals surface area (Å²) in [5, 5.41) is -0.265. The largest absolute Gasteiger partial charge is 0.489 e. The molecule has 1 heterocycles. The predicted molar refractivity (Wildman–Crippen MR) is 100 cm³/mol. The van der Waals surface area contributed by atoms with Crippen LogP contribution in [0, 0.1) is 0 Å². The number of benzene rings is 1. The number of ether oxygens (including phenoxy) is 3. The van der Waals surface area contributed by atoms with Gasteiger partial charge in [-0.3, -0.25) is 4.79 Å². The number of hydrogen-bond donors (Lipinski definition) is 1. The molecule has 0 aliphatic carbocycles. The second-order valence-corrected chi connectivity index (χ2v) is 6.49. The van der Waals surface area contributed by atoms with Gasteiger partial charge in [0.1, 0.15) is 22.6 Å². The lowest BCUT2D eigenvalue weighted by molar-refractivity contribution is -0.144. The van der Waals surface area contributed by atoms with E-state index in [9.17, 15) is 18.0 Å². The minimum atomic E-state index is -4.54. The molecular formula is C19H20ClF3N2O4. The van der Waals surface area contributed by atoms with Crippen LogP contribution in [0.3, 0.4) is 0 Å². The van der Waals surface area contributed by atoms with Crippen molar-refractivity contribution in [1.29, 1.82) is 0 Å². The lowest BCUT2D eigenvalue weighted by Crippen LogP contribution is -2.38. The Hall–Kier alpha value is -2.52. The minimum Gasteiger partial charge on any atom is -0.489 e. The summed E-state index contributed by atoms with van der Waals surface area (Å²) in [6.45, 7) is 3.71. The maximum atomic E-state index is 12.7. The van der Waals surface area contributed by atoms with Crippen molar-refractivity contribution in [1.82, 2.24) is 4.98 Å². The summed E-state index contributed by atoms with van der Waals surface area (Å²) in [5.74, 6) is 0.212. The number of alkyl halides is 3. The van der Waals surface area contributed by atoms with E-state index < -0.39 is 29.9 Å². The van der Waals surface area contributed by atoms with E-state index in [0.29, 0.717) is 17.7 Å². The van der Waals surface area contributed by atoms with Crippen molar-refractivity contribution in [3.05, 3.63) is 47.1 Å². The number of halogens is 4. The second-order valence-electron chi connectivity index (χ2n) is 6.08. The van der Waals surface area contributed by atoms with Crippen molar-refractivity contribution in [2.24, 2.45) is 5.73 Å². The van der Waals surface area contributed by atoms with Gasteiger partial charge in [0, 0.05) is 6.20 Å². The Morgan fingerprint density at radius 2 is 1.86 bits per heavy atom. The first-order valence-electron chi connectivity index (χ1n) is 8.68. The van der Waals surface area contributed by atoms with Gasteiger partial charge in [0.05, 0.1) is 24.6 Å². The molecule has 2 rings (SSSR count). The van der Waals surface area contributed by atoms with Gasteiger partial charge in [-0.1, -0.05) is 11.6 Å². The fraction of sp³-hybridized carbons (Fsp3) is 0.368. The Bertz CT molecular complexity index is 831. The van der Waals surface area contributed by atoms with Crippen LogP contribution >= 0.6 is 11.6 Å². The van der Waals surface area contributed by atoms with Crippen LogP contribution < -0.4 is 15.2 Å². The topological polar surface area (TPSA) is 83.7 Å². The zero-order valence-electron chi connectivity index (χ0n) is 15.7. The van der Waals surface area contributed by atoms with Crippen LogP contribution in [0.5, 0.6) is 17.4 Å². The molecule has 2 atom stereocenters. The molecule has 158 valence electrons. The third-order valence-corrected chi connectivity index (χ3v) is 4.08. The molecule has 0 aliphatic rings. The van der Waals surface area contributed by atoms with Gasteiger partial charge in [0.15, 0.2) is 0 Å². The van der Waals surface area contributed by atoms with Crippen LogP contribution in [0.4, 0.5) is 13.2 Å². The third kappa shape index (κ3) is 6.79. The van der Waals surface area contributed by atoms with Crippen LogP contribution in [0.25, 0.3) is 0 Å². The lowest BCUT2D eigenvalue weighted by atomic mass is 10.1. The molecular weight excluding hydrogens is 413 g/mol. The third-order valence-electron chi connectivity index (χ3n) is 3.81. The molecule has 2 N–H and O–H groups in total. The SMILES string of the molecule is CCOC(=O)CC(N)C(C)Oc1ccc(Oc2ncc(C(F)(F)F)cc2Cl)cc1. The van der Waals surface area contributed by atoms with Gasteiger partial charge in [-0.05, 0) is 44.2 Å². The highest BCUT2D eigenvalue weighted by atomic mass is 35.5. The van der Waals surface area contributed by atoms with E-state index in [4.69, 9.17) is 31.5 Å². The van der Waals surface area contributed by atoms with Crippen molar-refractivity contribution in [2.75, 3.05) is 6.61 Å². The molecule has 0 saturated heterocycles. The van der Waals surface area contributed by atoms with Gasteiger partial charge in [-0.15, -0.1) is 0 Å². The molecule has 29 heavy (non-hydrogen) atoms. The van der Waals surface area contributed by atoms with Crippen LogP contribution in [-0.4, -0.2) is 29.7 Å². The minimum absolute atomic E-state index is 0.0221. The summed E-state index contributed by atoms with van der Waals surface area (Å²) >= 11 is 5.82. The molecule has 2 unspecified atom stereocenters. The number of carbonyl (C=O) groups excluding carboxylic acids is 1. The summed E-state index contributed by atoms with van der Waals surface area (Å²) in [6, 6.07) is 6.43. The monoisotopic (exact) mass is 432 g/mol. The zero-order valence-corrected chi connectivity index (χ0v) is 16.5. The molecule has 0 spiro atoms. The van der Waals surface area contributed by atoms with Gasteiger partial charge < -0.3 is 19.9 Å². The Morgan fingerprint density at radius 1 is 1.24 bits per heavy atom. The zero-order chi connectivity index (χ0) is 21.6. The van der Waals surface area contributed by atoms with Crippen LogP contribution in [0.15, 0.2) is 36.5 Å². The quantitative estimate of drug-likeness (QED) is 0.614. The molecule has 0 bridgehead atoms. The summed E-state index contributed by atoms with van der Waals surface area (Å²) in [7, 11) is 0. The van der Waals surface area contributed by atoms with E-state index in [1.807, 2.05) is 0 Å². The van der Waals surface area contributed by atoms with E-state index in [1.54, 1.807) is 26.0 Å². The maximum absolute atomic E-state index is 12.7. The van der Waals surface area contributed by atoms with Crippen LogP contribution in [0.1, 0.15) is 25.8 Å². The number of nitrogens with two attached hydrogens (primary N) is 1. The maximum Gasteiger partial charge on any atom is 0.417 e. The first-order chi connectivity index (χ1) is 13.6. The Kier molecular flexibility index (Phi) is 7.69. The molecule has 0 fully saturated rings. The lowest BCUT2D eigenvalue weighted by Gasteiger charge is -2.21. The fourth-order valence-corrected chi connectivity index (χ4v) is 2.44. The smallest absolute Gasteiger partial charge is 0.417 e. The average molecular weight is 433 g/mol. The van der Waals surface area contributed by atoms with Crippen LogP contribution in [0.2, 0.25) is 5.02 Å². The van der Waals surface area contributed by atoms with Gasteiger partial charge in [0.25, 0.3) is 0 Å². The predicted octanol–water partition coefficient (Wildman–Crippen LogP) is 4.59. The highest BCUT2D eigenvalue weighted by molar-refractivity contribution is 6.31. The highest BCUT2D eigenvalue weighted by Crippen LogP contribution is 2.34. The first-order valence-corrected chi connectivity index (χ1v) is 9.06. The van der Waals surface area contributed by atoms with Crippen molar-refractivity contribution in [3.63, 3.8) is 0 Å². The van der Waals surface area contributed by atoms with Crippen molar-refractivity contribution in [3.8, 4) is 17.4 Å². The van der Waals surface area contributed by atoms with E-state index >= 15 is 0 Å². The summed E-state index contributed by atoms with van der Waals surface area (Å²) in [5.41, 5.74) is 4.97. The molecule has 1 aromatic carbocycles. The fourth-order valence-electron chi connectivity index (χ4n) is 2.23.